The van der Waals surface area contributed by atoms with Gasteiger partial charge in [0.1, 0.15) is 17.3 Å². The summed E-state index contributed by atoms with van der Waals surface area (Å²) in [6, 6.07) is 15.3. The maximum Gasteiger partial charge on any atom is 0.247 e. The first kappa shape index (κ1) is 26.7. The SMILES string of the molecule is C=CC(=O)Nc1cc2c(Nc3cc(Cl)c4nn(Cc5ccccn5)cc4c3)c(C#N)c(CC)nc2cc1OCC. The number of anilines is 3. The molecule has 0 bridgehead atoms. The lowest BCUT2D eigenvalue weighted by Gasteiger charge is -2.18. The molecule has 200 valence electrons. The zero-order valence-corrected chi connectivity index (χ0v) is 22.8. The van der Waals surface area contributed by atoms with Gasteiger partial charge in [-0.15, -0.1) is 0 Å². The van der Waals surface area contributed by atoms with E-state index in [1.807, 2.05) is 44.3 Å². The highest BCUT2D eigenvalue weighted by Gasteiger charge is 2.19. The second-order valence-corrected chi connectivity index (χ2v) is 9.34. The average Bonchev–Trinajstić information content (AvgIpc) is 3.36. The molecule has 5 aromatic rings. The van der Waals surface area contributed by atoms with E-state index in [9.17, 15) is 10.1 Å². The fourth-order valence-electron chi connectivity index (χ4n) is 4.50. The number of benzene rings is 2. The van der Waals surface area contributed by atoms with E-state index in [0.717, 1.165) is 11.1 Å². The molecule has 0 spiro atoms. The van der Waals surface area contributed by atoms with Crippen molar-refractivity contribution in [2.75, 3.05) is 17.2 Å². The molecule has 9 nitrogen and oxygen atoms in total. The standard InChI is InChI=1S/C30H26ClN7O2/c1-4-24-22(15-32)30(21-13-26(36-28(39)5-2)27(40-6-3)14-25(21)35-24)34-20-11-18-16-38(37-29(18)23(31)12-20)17-19-9-7-8-10-33-19/h5,7-14,16H,2,4,6,17H2,1,3H3,(H,34,35)(H,36,39). The third kappa shape index (κ3) is 5.30. The molecule has 0 radical (unpaired) electrons. The van der Waals surface area contributed by atoms with E-state index in [1.165, 1.54) is 6.08 Å². The number of ether oxygens (including phenoxy) is 1. The van der Waals surface area contributed by atoms with Crippen LogP contribution in [0.15, 0.2) is 67.5 Å². The summed E-state index contributed by atoms with van der Waals surface area (Å²) in [5.74, 6) is 0.0913. The van der Waals surface area contributed by atoms with Gasteiger partial charge in [0.15, 0.2) is 0 Å². The average molecular weight is 552 g/mol. The van der Waals surface area contributed by atoms with Crippen LogP contribution in [0.5, 0.6) is 5.75 Å². The number of aromatic nitrogens is 4. The van der Waals surface area contributed by atoms with E-state index in [-0.39, 0.29) is 5.91 Å². The van der Waals surface area contributed by atoms with E-state index in [1.54, 1.807) is 29.1 Å². The van der Waals surface area contributed by atoms with Crippen molar-refractivity contribution in [2.24, 2.45) is 0 Å². The lowest BCUT2D eigenvalue weighted by molar-refractivity contribution is -0.111. The van der Waals surface area contributed by atoms with Crippen molar-refractivity contribution < 1.29 is 9.53 Å². The van der Waals surface area contributed by atoms with Gasteiger partial charge < -0.3 is 15.4 Å². The van der Waals surface area contributed by atoms with Crippen molar-refractivity contribution in [2.45, 2.75) is 26.8 Å². The highest BCUT2D eigenvalue weighted by molar-refractivity contribution is 6.35. The molecule has 40 heavy (non-hydrogen) atoms. The number of halogens is 1. The van der Waals surface area contributed by atoms with Crippen molar-refractivity contribution in [3.05, 3.63) is 89.5 Å². The maximum absolute atomic E-state index is 12.2. The summed E-state index contributed by atoms with van der Waals surface area (Å²) >= 11 is 6.67. The Morgan fingerprint density at radius 1 is 1.25 bits per heavy atom. The molecule has 10 heteroatoms. The normalized spacial score (nSPS) is 10.8. The minimum Gasteiger partial charge on any atom is -0.492 e. The molecule has 0 aliphatic carbocycles. The van der Waals surface area contributed by atoms with E-state index in [2.05, 4.69) is 33.4 Å². The van der Waals surface area contributed by atoms with Gasteiger partial charge in [0.05, 0.1) is 52.0 Å². The Balaban J connectivity index is 1.62. The Morgan fingerprint density at radius 3 is 2.80 bits per heavy atom. The lowest BCUT2D eigenvalue weighted by Crippen LogP contribution is -2.10. The molecule has 0 fully saturated rings. The van der Waals surface area contributed by atoms with Gasteiger partial charge >= 0.3 is 0 Å². The van der Waals surface area contributed by atoms with Crippen LogP contribution in [0, 0.1) is 11.3 Å². The fourth-order valence-corrected chi connectivity index (χ4v) is 4.77. The van der Waals surface area contributed by atoms with E-state index >= 15 is 0 Å². The number of nitrogens with zero attached hydrogens (tertiary/aromatic N) is 5. The maximum atomic E-state index is 12.2. The van der Waals surface area contributed by atoms with Crippen LogP contribution in [-0.2, 0) is 17.8 Å². The van der Waals surface area contributed by atoms with Crippen LogP contribution in [0.1, 0.15) is 30.8 Å². The predicted molar refractivity (Wildman–Crippen MR) is 157 cm³/mol. The number of pyridine rings is 2. The number of carbonyl (C=O) groups excluding carboxylic acids is 1. The van der Waals surface area contributed by atoms with E-state index in [0.29, 0.717) is 75.1 Å². The first-order valence-corrected chi connectivity index (χ1v) is 13.1. The zero-order valence-electron chi connectivity index (χ0n) is 22.0. The molecule has 0 saturated carbocycles. The van der Waals surface area contributed by atoms with Crippen molar-refractivity contribution >= 4 is 56.4 Å². The molecule has 0 atom stereocenters. The molecule has 5 rings (SSSR count). The second-order valence-electron chi connectivity index (χ2n) is 8.93. The monoisotopic (exact) mass is 551 g/mol. The number of hydrogen-bond acceptors (Lipinski definition) is 7. The van der Waals surface area contributed by atoms with Crippen LogP contribution in [0.2, 0.25) is 5.02 Å². The summed E-state index contributed by atoms with van der Waals surface area (Å²) in [5, 5.41) is 22.9. The number of carbonyl (C=O) groups is 1. The van der Waals surface area contributed by atoms with E-state index < -0.39 is 0 Å². The van der Waals surface area contributed by atoms with Gasteiger partial charge in [0, 0.05) is 34.9 Å². The lowest BCUT2D eigenvalue weighted by atomic mass is 10.0. The first-order chi connectivity index (χ1) is 19.4. The molecule has 0 unspecified atom stereocenters. The van der Waals surface area contributed by atoms with Gasteiger partial charge in [-0.25, -0.2) is 0 Å². The van der Waals surface area contributed by atoms with Crippen LogP contribution >= 0.6 is 11.6 Å². The van der Waals surface area contributed by atoms with Crippen LogP contribution in [-0.4, -0.2) is 32.3 Å². The largest absolute Gasteiger partial charge is 0.492 e. The smallest absolute Gasteiger partial charge is 0.247 e. The molecule has 2 N–H and O–H groups in total. The fraction of sp³-hybridized carbons (Fsp3) is 0.167. The predicted octanol–water partition coefficient (Wildman–Crippen LogP) is 6.38. The Morgan fingerprint density at radius 2 is 2.10 bits per heavy atom. The molecule has 1 amide bonds. The molecular formula is C30H26ClN7O2. The minimum absolute atomic E-state index is 0.381. The Kier molecular flexibility index (Phi) is 7.62. The molecule has 3 aromatic heterocycles. The Hall–Kier alpha value is -4.94. The highest BCUT2D eigenvalue weighted by Crippen LogP contribution is 2.38. The molecule has 0 saturated heterocycles. The zero-order chi connectivity index (χ0) is 28.2. The van der Waals surface area contributed by atoms with Gasteiger partial charge in [-0.05, 0) is 49.8 Å². The molecule has 3 heterocycles. The van der Waals surface area contributed by atoms with Crippen molar-refractivity contribution in [1.29, 1.82) is 5.26 Å². The van der Waals surface area contributed by atoms with Crippen LogP contribution in [0.25, 0.3) is 21.8 Å². The van der Waals surface area contributed by atoms with Crippen molar-refractivity contribution in [1.82, 2.24) is 19.7 Å². The number of rotatable bonds is 9. The number of nitrogens with one attached hydrogen (secondary N) is 2. The molecular weight excluding hydrogens is 526 g/mol. The third-order valence-electron chi connectivity index (χ3n) is 6.28. The van der Waals surface area contributed by atoms with Gasteiger partial charge in [-0.3, -0.25) is 19.4 Å². The Labute approximate surface area is 236 Å². The van der Waals surface area contributed by atoms with Crippen LogP contribution in [0.4, 0.5) is 17.1 Å². The van der Waals surface area contributed by atoms with Crippen LogP contribution in [0.3, 0.4) is 0 Å². The van der Waals surface area contributed by atoms with Gasteiger partial charge in [-0.2, -0.15) is 10.4 Å². The summed E-state index contributed by atoms with van der Waals surface area (Å²) < 4.78 is 7.58. The topological polar surface area (TPSA) is 118 Å². The van der Waals surface area contributed by atoms with Crippen molar-refractivity contribution in [3.8, 4) is 11.8 Å². The molecule has 2 aromatic carbocycles. The second kappa shape index (κ2) is 11.4. The minimum atomic E-state index is -0.381. The molecule has 0 aliphatic heterocycles. The Bertz CT molecular complexity index is 1790. The first-order valence-electron chi connectivity index (χ1n) is 12.7. The number of fused-ring (bicyclic) bond motifs is 2. The summed E-state index contributed by atoms with van der Waals surface area (Å²) in [7, 11) is 0. The number of nitriles is 1. The van der Waals surface area contributed by atoms with Gasteiger partial charge in [0.25, 0.3) is 0 Å². The van der Waals surface area contributed by atoms with Gasteiger partial charge in [0.2, 0.25) is 5.91 Å². The van der Waals surface area contributed by atoms with E-state index in [4.69, 9.17) is 21.3 Å². The van der Waals surface area contributed by atoms with Crippen LogP contribution < -0.4 is 15.4 Å². The number of amides is 1. The highest BCUT2D eigenvalue weighted by atomic mass is 35.5. The van der Waals surface area contributed by atoms with Gasteiger partial charge in [-0.1, -0.05) is 31.2 Å². The number of aryl methyl sites for hydroxylation is 1. The third-order valence-corrected chi connectivity index (χ3v) is 6.57. The molecule has 0 aliphatic rings. The summed E-state index contributed by atoms with van der Waals surface area (Å²) in [5.41, 5.74) is 4.87. The summed E-state index contributed by atoms with van der Waals surface area (Å²) in [6.07, 6.45) is 5.39. The van der Waals surface area contributed by atoms with Crippen molar-refractivity contribution in [3.63, 3.8) is 0 Å². The number of hydrogen-bond donors (Lipinski definition) is 2. The summed E-state index contributed by atoms with van der Waals surface area (Å²) in [4.78, 5) is 21.3. The summed E-state index contributed by atoms with van der Waals surface area (Å²) in [6.45, 7) is 8.24. The quantitative estimate of drug-likeness (QED) is 0.204.